The maximum absolute atomic E-state index is 11.3. The molecule has 0 radical (unpaired) electrons. The largest absolute Gasteiger partial charge is 0.495 e. The number of ketones is 1. The summed E-state index contributed by atoms with van der Waals surface area (Å²) in [7, 11) is 0. The number of hydrogen-bond acceptors (Lipinski definition) is 4. The van der Waals surface area contributed by atoms with Crippen molar-refractivity contribution in [3.63, 3.8) is 0 Å². The number of hydrogen-bond donors (Lipinski definition) is 0. The molecule has 0 bridgehead atoms. The molecule has 15 heavy (non-hydrogen) atoms. The van der Waals surface area contributed by atoms with E-state index < -0.39 is 11.8 Å². The number of ether oxygens (including phenoxy) is 2. The van der Waals surface area contributed by atoms with Crippen molar-refractivity contribution in [3.05, 3.63) is 24.0 Å². The molecule has 0 aliphatic rings. The van der Waals surface area contributed by atoms with Crippen molar-refractivity contribution in [2.75, 3.05) is 13.2 Å². The predicted octanol–water partition coefficient (Wildman–Crippen LogP) is 1.62. The van der Waals surface area contributed by atoms with E-state index in [4.69, 9.17) is 4.74 Å². The smallest absolute Gasteiger partial charge is 0.379 e. The minimum absolute atomic E-state index is 0.185. The van der Waals surface area contributed by atoms with E-state index >= 15 is 0 Å². The summed E-state index contributed by atoms with van der Waals surface area (Å²) >= 11 is 0. The van der Waals surface area contributed by atoms with Crippen molar-refractivity contribution < 1.29 is 19.1 Å². The molecule has 0 aliphatic heterocycles. The molecule has 84 valence electrons. The zero-order chi connectivity index (χ0) is 11.8. The van der Waals surface area contributed by atoms with Crippen LogP contribution in [-0.2, 0) is 19.1 Å². The second kappa shape index (κ2) is 6.81. The molecule has 0 fully saturated rings. The predicted molar refractivity (Wildman–Crippen MR) is 56.2 cm³/mol. The first-order valence-corrected chi connectivity index (χ1v) is 4.74. The van der Waals surface area contributed by atoms with Crippen molar-refractivity contribution in [1.29, 1.82) is 0 Å². The molecule has 0 spiro atoms. The third-order valence-corrected chi connectivity index (χ3v) is 1.53. The Labute approximate surface area is 89.6 Å². The van der Waals surface area contributed by atoms with Gasteiger partial charge >= 0.3 is 5.97 Å². The van der Waals surface area contributed by atoms with E-state index in [9.17, 15) is 9.59 Å². The van der Waals surface area contributed by atoms with Gasteiger partial charge in [-0.1, -0.05) is 6.58 Å². The Hall–Kier alpha value is -1.58. The lowest BCUT2D eigenvalue weighted by Crippen LogP contribution is -2.18. The average Bonchev–Trinajstić information content (AvgIpc) is 2.17. The van der Waals surface area contributed by atoms with Crippen molar-refractivity contribution in [3.8, 4) is 0 Å². The Morgan fingerprint density at radius 2 is 1.73 bits per heavy atom. The van der Waals surface area contributed by atoms with Crippen LogP contribution in [0.15, 0.2) is 24.0 Å². The summed E-state index contributed by atoms with van der Waals surface area (Å²) in [5, 5.41) is 0. The van der Waals surface area contributed by atoms with Gasteiger partial charge in [0.15, 0.2) is 0 Å². The first-order chi connectivity index (χ1) is 7.02. The third kappa shape index (κ3) is 5.00. The molecule has 0 aliphatic carbocycles. The fourth-order valence-corrected chi connectivity index (χ4v) is 0.892. The van der Waals surface area contributed by atoms with E-state index in [1.54, 1.807) is 6.92 Å². The minimum atomic E-state index is -0.851. The molecule has 0 aromatic heterocycles. The van der Waals surface area contributed by atoms with Crippen LogP contribution in [0.3, 0.4) is 0 Å². The van der Waals surface area contributed by atoms with Gasteiger partial charge in [-0.25, -0.2) is 4.79 Å². The summed E-state index contributed by atoms with van der Waals surface area (Å²) in [6.07, 6.45) is 1.42. The molecule has 4 nitrogen and oxygen atoms in total. The highest BCUT2D eigenvalue weighted by molar-refractivity contribution is 6.40. The van der Waals surface area contributed by atoms with Gasteiger partial charge in [-0.15, -0.1) is 0 Å². The van der Waals surface area contributed by atoms with Crippen LogP contribution in [0.1, 0.15) is 20.8 Å². The first kappa shape index (κ1) is 13.4. The third-order valence-electron chi connectivity index (χ3n) is 1.53. The highest BCUT2D eigenvalue weighted by Gasteiger charge is 2.16. The normalized spacial score (nSPS) is 10.7. The molecule has 0 rings (SSSR count). The van der Waals surface area contributed by atoms with Crippen LogP contribution in [0.2, 0.25) is 0 Å². The number of allylic oxidation sites excluding steroid dienone is 1. The van der Waals surface area contributed by atoms with Gasteiger partial charge in [-0.2, -0.15) is 0 Å². The van der Waals surface area contributed by atoms with Gasteiger partial charge in [0, 0.05) is 5.57 Å². The molecular formula is C11H16O4. The molecule has 0 N–H and O–H groups in total. The lowest BCUT2D eigenvalue weighted by atomic mass is 10.2. The Morgan fingerprint density at radius 3 is 2.20 bits per heavy atom. The topological polar surface area (TPSA) is 52.6 Å². The summed E-state index contributed by atoms with van der Waals surface area (Å²) < 4.78 is 9.59. The maximum atomic E-state index is 11.3. The highest BCUT2D eigenvalue weighted by atomic mass is 16.5. The molecule has 0 saturated heterocycles. The zero-order valence-corrected chi connectivity index (χ0v) is 9.33. The van der Waals surface area contributed by atoms with Crippen molar-refractivity contribution in [2.24, 2.45) is 0 Å². The van der Waals surface area contributed by atoms with Crippen molar-refractivity contribution in [1.82, 2.24) is 0 Å². The monoisotopic (exact) mass is 212 g/mol. The Balaban J connectivity index is 4.43. The lowest BCUT2D eigenvalue weighted by Gasteiger charge is -2.03. The van der Waals surface area contributed by atoms with Gasteiger partial charge in [0.25, 0.3) is 5.78 Å². The summed E-state index contributed by atoms with van der Waals surface area (Å²) in [5.41, 5.74) is 0.256. The summed E-state index contributed by atoms with van der Waals surface area (Å²) in [6.45, 7) is 9.19. The Bertz CT molecular complexity index is 289. The molecule has 0 unspecified atom stereocenters. The van der Waals surface area contributed by atoms with Crippen molar-refractivity contribution >= 4 is 11.8 Å². The SMILES string of the molecule is C=C(C=C(C)C(=O)C(=O)OCC)OCC. The highest BCUT2D eigenvalue weighted by Crippen LogP contribution is 2.04. The second-order valence-corrected chi connectivity index (χ2v) is 2.78. The molecule has 0 aromatic carbocycles. The number of carbonyl (C=O) groups is 2. The number of carbonyl (C=O) groups excluding carboxylic acids is 2. The van der Waals surface area contributed by atoms with Gasteiger partial charge in [0.1, 0.15) is 5.76 Å². The molecule has 0 atom stereocenters. The van der Waals surface area contributed by atoms with E-state index in [0.717, 1.165) is 0 Å². The van der Waals surface area contributed by atoms with Gasteiger partial charge in [-0.05, 0) is 26.8 Å². The molecule has 0 amide bonds. The van der Waals surface area contributed by atoms with E-state index in [2.05, 4.69) is 11.3 Å². The van der Waals surface area contributed by atoms with E-state index in [1.165, 1.54) is 13.0 Å². The van der Waals surface area contributed by atoms with Crippen LogP contribution in [0.5, 0.6) is 0 Å². The average molecular weight is 212 g/mol. The quantitative estimate of drug-likeness (QED) is 0.221. The summed E-state index contributed by atoms with van der Waals surface area (Å²) in [5.74, 6) is -1.17. The first-order valence-electron chi connectivity index (χ1n) is 4.74. The van der Waals surface area contributed by atoms with Crippen LogP contribution in [0, 0.1) is 0 Å². The van der Waals surface area contributed by atoms with Gasteiger partial charge < -0.3 is 9.47 Å². The van der Waals surface area contributed by atoms with Crippen LogP contribution in [0.25, 0.3) is 0 Å². The van der Waals surface area contributed by atoms with Crippen molar-refractivity contribution in [2.45, 2.75) is 20.8 Å². The van der Waals surface area contributed by atoms with Crippen LogP contribution < -0.4 is 0 Å². The van der Waals surface area contributed by atoms with Crippen LogP contribution >= 0.6 is 0 Å². The zero-order valence-electron chi connectivity index (χ0n) is 9.33. The van der Waals surface area contributed by atoms with Crippen LogP contribution in [0.4, 0.5) is 0 Å². The van der Waals surface area contributed by atoms with E-state index in [-0.39, 0.29) is 12.2 Å². The molecule has 0 heterocycles. The van der Waals surface area contributed by atoms with E-state index in [0.29, 0.717) is 12.4 Å². The molecule has 0 aromatic rings. The van der Waals surface area contributed by atoms with Gasteiger partial charge in [0.2, 0.25) is 0 Å². The number of Topliss-reactive ketones (excluding diaryl/α,β-unsaturated/α-hetero) is 1. The van der Waals surface area contributed by atoms with Gasteiger partial charge in [-0.3, -0.25) is 4.79 Å². The summed E-state index contributed by atoms with van der Waals surface area (Å²) in [4.78, 5) is 22.4. The minimum Gasteiger partial charge on any atom is -0.495 e. The maximum Gasteiger partial charge on any atom is 0.379 e. The Morgan fingerprint density at radius 1 is 1.20 bits per heavy atom. The molecular weight excluding hydrogens is 196 g/mol. The fourth-order valence-electron chi connectivity index (χ4n) is 0.892. The number of esters is 1. The molecule has 4 heteroatoms. The molecule has 0 saturated carbocycles. The fraction of sp³-hybridized carbons (Fsp3) is 0.455. The standard InChI is InChI=1S/C11H16O4/c1-5-14-9(4)7-8(3)10(12)11(13)15-6-2/h7H,4-6H2,1-3H3. The number of rotatable bonds is 6. The van der Waals surface area contributed by atoms with Gasteiger partial charge in [0.05, 0.1) is 13.2 Å². The summed E-state index contributed by atoms with van der Waals surface area (Å²) in [6, 6.07) is 0. The second-order valence-electron chi connectivity index (χ2n) is 2.78. The lowest BCUT2D eigenvalue weighted by molar-refractivity contribution is -0.151. The Kier molecular flexibility index (Phi) is 6.09. The van der Waals surface area contributed by atoms with Crippen LogP contribution in [-0.4, -0.2) is 25.0 Å². The van der Waals surface area contributed by atoms with E-state index in [1.807, 2.05) is 6.92 Å².